The number of carbonyl (C=O) groups is 2. The van der Waals surface area contributed by atoms with E-state index in [1.165, 1.54) is 12.4 Å². The number of hydrogen-bond donors (Lipinski definition) is 6. The maximum Gasteiger partial charge on any atom is 0.269 e. The summed E-state index contributed by atoms with van der Waals surface area (Å²) in [6, 6.07) is 10.5. The van der Waals surface area contributed by atoms with Crippen LogP contribution in [0.1, 0.15) is 17.8 Å². The highest BCUT2D eigenvalue weighted by Crippen LogP contribution is 2.03. The average molecular weight is 487 g/mol. The van der Waals surface area contributed by atoms with Crippen molar-refractivity contribution in [2.75, 3.05) is 13.1 Å². The third-order valence-corrected chi connectivity index (χ3v) is 4.49. The van der Waals surface area contributed by atoms with Crippen LogP contribution in [0.5, 0.6) is 0 Å². The number of nitrogens with zero attached hydrogens (tertiary/aromatic N) is 4. The van der Waals surface area contributed by atoms with Crippen molar-refractivity contribution in [3.05, 3.63) is 84.1 Å². The van der Waals surface area contributed by atoms with E-state index >= 15 is 0 Å². The molecular weight excluding hydrogens is 455 g/mol. The van der Waals surface area contributed by atoms with E-state index in [1.54, 1.807) is 48.8 Å². The molecule has 0 fully saturated rings. The van der Waals surface area contributed by atoms with Gasteiger partial charge >= 0.3 is 0 Å². The Morgan fingerprint density at radius 1 is 1.00 bits per heavy atom. The third-order valence-electron chi connectivity index (χ3n) is 4.49. The minimum absolute atomic E-state index is 0.00329. The lowest BCUT2D eigenvalue weighted by atomic mass is 10.2. The molecule has 2 aromatic rings. The van der Waals surface area contributed by atoms with Gasteiger partial charge in [0.2, 0.25) is 5.91 Å². The molecule has 0 aromatic carbocycles. The van der Waals surface area contributed by atoms with E-state index in [9.17, 15) is 14.0 Å². The van der Waals surface area contributed by atoms with Crippen LogP contribution in [-0.2, 0) is 22.6 Å². The van der Waals surface area contributed by atoms with Crippen molar-refractivity contribution in [2.45, 2.75) is 25.6 Å². The van der Waals surface area contributed by atoms with Crippen LogP contribution in [0.15, 0.2) is 72.7 Å². The Bertz CT molecular complexity index is 1000. The van der Waals surface area contributed by atoms with Gasteiger partial charge in [0.1, 0.15) is 17.7 Å². The zero-order valence-corrected chi connectivity index (χ0v) is 19.2. The first kappa shape index (κ1) is 27.0. The summed E-state index contributed by atoms with van der Waals surface area (Å²) < 4.78 is 14.3. The number of alkyl halides is 1. The van der Waals surface area contributed by atoms with Gasteiger partial charge in [0.05, 0.1) is 31.4 Å². The van der Waals surface area contributed by atoms with Gasteiger partial charge in [0, 0.05) is 30.8 Å². The van der Waals surface area contributed by atoms with Crippen molar-refractivity contribution in [1.29, 1.82) is 0 Å². The smallest absolute Gasteiger partial charge is 0.269 e. The normalized spacial score (nSPS) is 12.5. The first-order valence-electron chi connectivity index (χ1n) is 10.7. The fraction of sp³-hybridized carbons (Fsp3) is 0.273. The van der Waals surface area contributed by atoms with Gasteiger partial charge in [-0.05, 0) is 30.7 Å². The molecule has 1 unspecified atom stereocenters. The molecule has 10 N–H and O–H groups in total. The van der Waals surface area contributed by atoms with Gasteiger partial charge < -0.3 is 32.1 Å². The van der Waals surface area contributed by atoms with Gasteiger partial charge in [-0.3, -0.25) is 19.6 Å². The maximum absolute atomic E-state index is 14.3. The molecule has 0 saturated heterocycles. The molecule has 2 amide bonds. The number of carbonyl (C=O) groups excluding carboxylic acids is 2. The second kappa shape index (κ2) is 14.1. The number of halogens is 1. The molecule has 12 nitrogen and oxygen atoms in total. The van der Waals surface area contributed by atoms with E-state index in [1.807, 2.05) is 0 Å². The molecule has 2 aromatic heterocycles. The van der Waals surface area contributed by atoms with Crippen LogP contribution in [0, 0.1) is 0 Å². The van der Waals surface area contributed by atoms with Crippen LogP contribution in [0.3, 0.4) is 0 Å². The van der Waals surface area contributed by atoms with E-state index < -0.39 is 12.1 Å². The maximum atomic E-state index is 14.3. The number of nitrogens with one attached hydrogen (secondary N) is 2. The summed E-state index contributed by atoms with van der Waals surface area (Å²) in [7, 11) is 0. The SMILES string of the molecule is N/C(=C\N(N)CCC(F)CN(N)/C=C(\N)NC(=O)Cc1ccccn1)C(=O)NCc1ccccn1. The standard InChI is InChI=1S/C22H31FN10O2/c23-16(13-33(27)15-20(25)31-21(34)11-17-5-1-3-8-28-17)7-10-32(26)14-19(24)22(35)30-12-18-6-2-4-9-29-18/h1-6,8-9,14-16H,7,10-13,24-27H2,(H,30,35)(H,31,34)/b19-14-,20-15+. The van der Waals surface area contributed by atoms with Crippen molar-refractivity contribution in [3.8, 4) is 0 Å². The topological polar surface area (TPSA) is 195 Å². The summed E-state index contributed by atoms with van der Waals surface area (Å²) in [5, 5.41) is 7.22. The molecule has 0 radical (unpaired) electrons. The lowest BCUT2D eigenvalue weighted by Crippen LogP contribution is -2.38. The molecule has 35 heavy (non-hydrogen) atoms. The Morgan fingerprint density at radius 3 is 2.29 bits per heavy atom. The average Bonchev–Trinajstić information content (AvgIpc) is 2.82. The molecule has 0 aliphatic heterocycles. The van der Waals surface area contributed by atoms with Gasteiger partial charge in [-0.1, -0.05) is 12.1 Å². The van der Waals surface area contributed by atoms with Gasteiger partial charge in [0.15, 0.2) is 0 Å². The molecule has 0 aliphatic rings. The lowest BCUT2D eigenvalue weighted by molar-refractivity contribution is -0.120. The Balaban J connectivity index is 1.70. The Morgan fingerprint density at radius 2 is 1.66 bits per heavy atom. The summed E-state index contributed by atoms with van der Waals surface area (Å²) in [6.45, 7) is 0.0789. The molecule has 0 bridgehead atoms. The van der Waals surface area contributed by atoms with E-state index in [4.69, 9.17) is 23.2 Å². The second-order valence-electron chi connectivity index (χ2n) is 7.54. The molecule has 188 valence electrons. The fourth-order valence-corrected chi connectivity index (χ4v) is 2.82. The Hall–Kier alpha value is -4.23. The molecule has 0 saturated carbocycles. The first-order valence-corrected chi connectivity index (χ1v) is 10.7. The van der Waals surface area contributed by atoms with Gasteiger partial charge in [-0.25, -0.2) is 16.1 Å². The number of hydrazine groups is 2. The predicted molar refractivity (Wildman–Crippen MR) is 128 cm³/mol. The lowest BCUT2D eigenvalue weighted by Gasteiger charge is -2.20. The number of rotatable bonds is 13. The van der Waals surface area contributed by atoms with E-state index in [-0.39, 0.29) is 49.9 Å². The van der Waals surface area contributed by atoms with Crippen molar-refractivity contribution in [3.63, 3.8) is 0 Å². The number of hydrogen-bond acceptors (Lipinski definition) is 10. The molecule has 0 spiro atoms. The number of pyridine rings is 2. The zero-order valence-electron chi connectivity index (χ0n) is 19.2. The highest BCUT2D eigenvalue weighted by Gasteiger charge is 2.12. The summed E-state index contributed by atoms with van der Waals surface area (Å²) >= 11 is 0. The Kier molecular flexibility index (Phi) is 10.9. The minimum Gasteiger partial charge on any atom is -0.393 e. The van der Waals surface area contributed by atoms with Gasteiger partial charge in [-0.2, -0.15) is 0 Å². The van der Waals surface area contributed by atoms with Crippen LogP contribution in [0.2, 0.25) is 0 Å². The van der Waals surface area contributed by atoms with Crippen LogP contribution >= 0.6 is 0 Å². The monoisotopic (exact) mass is 486 g/mol. The first-order chi connectivity index (χ1) is 16.7. The van der Waals surface area contributed by atoms with E-state index in [0.29, 0.717) is 11.4 Å². The molecule has 13 heteroatoms. The van der Waals surface area contributed by atoms with Crippen molar-refractivity contribution < 1.29 is 14.0 Å². The highest BCUT2D eigenvalue weighted by atomic mass is 19.1. The fourth-order valence-electron chi connectivity index (χ4n) is 2.82. The van der Waals surface area contributed by atoms with Crippen molar-refractivity contribution in [2.24, 2.45) is 23.2 Å². The second-order valence-corrected chi connectivity index (χ2v) is 7.54. The van der Waals surface area contributed by atoms with Gasteiger partial charge in [-0.15, -0.1) is 0 Å². The Labute approximate surface area is 202 Å². The molecule has 2 rings (SSSR count). The third kappa shape index (κ3) is 11.0. The highest BCUT2D eigenvalue weighted by molar-refractivity contribution is 5.92. The molecule has 2 heterocycles. The number of nitrogens with two attached hydrogens (primary N) is 4. The largest absolute Gasteiger partial charge is 0.393 e. The van der Waals surface area contributed by atoms with Crippen LogP contribution in [0.25, 0.3) is 0 Å². The predicted octanol–water partition coefficient (Wildman–Crippen LogP) is -0.911. The molecule has 1 atom stereocenters. The summed E-state index contributed by atoms with van der Waals surface area (Å²) in [6.07, 6.45) is 4.30. The van der Waals surface area contributed by atoms with E-state index in [2.05, 4.69) is 20.6 Å². The summed E-state index contributed by atoms with van der Waals surface area (Å²) in [4.78, 5) is 32.2. The molecular formula is C22H31FN10O2. The van der Waals surface area contributed by atoms with Crippen LogP contribution in [-0.4, -0.2) is 51.1 Å². The minimum atomic E-state index is -1.37. The quantitative estimate of drug-likeness (QED) is 0.117. The van der Waals surface area contributed by atoms with Crippen LogP contribution < -0.4 is 33.8 Å². The van der Waals surface area contributed by atoms with E-state index in [0.717, 1.165) is 10.0 Å². The summed E-state index contributed by atoms with van der Waals surface area (Å²) in [5.41, 5.74) is 12.6. The van der Waals surface area contributed by atoms with Crippen LogP contribution in [0.4, 0.5) is 4.39 Å². The van der Waals surface area contributed by atoms with Crippen molar-refractivity contribution >= 4 is 11.8 Å². The number of aromatic nitrogens is 2. The van der Waals surface area contributed by atoms with Gasteiger partial charge in [0.25, 0.3) is 5.91 Å². The van der Waals surface area contributed by atoms with Crippen molar-refractivity contribution in [1.82, 2.24) is 30.6 Å². The number of amides is 2. The zero-order chi connectivity index (χ0) is 25.6. The summed E-state index contributed by atoms with van der Waals surface area (Å²) in [5.74, 6) is 10.6. The molecule has 0 aliphatic carbocycles.